The van der Waals surface area contributed by atoms with Crippen LogP contribution in [0.15, 0.2) is 12.5 Å². The maximum absolute atomic E-state index is 6.06. The molecule has 5 nitrogen and oxygen atoms in total. The molecule has 1 saturated carbocycles. The molecule has 0 bridgehead atoms. The van der Waals surface area contributed by atoms with Crippen LogP contribution >= 0.6 is 0 Å². The van der Waals surface area contributed by atoms with E-state index in [2.05, 4.69) is 21.4 Å². The predicted octanol–water partition coefficient (Wildman–Crippen LogP) is 1.72. The van der Waals surface area contributed by atoms with Crippen LogP contribution in [-0.2, 0) is 4.74 Å². The summed E-state index contributed by atoms with van der Waals surface area (Å²) in [6.07, 6.45) is 9.21. The predicted molar refractivity (Wildman–Crippen MR) is 78.5 cm³/mol. The second-order valence-corrected chi connectivity index (χ2v) is 5.90. The molecule has 1 unspecified atom stereocenters. The molecule has 5 heteroatoms. The van der Waals surface area contributed by atoms with E-state index in [1.807, 2.05) is 12.5 Å². The highest BCUT2D eigenvalue weighted by atomic mass is 16.5. The van der Waals surface area contributed by atoms with Gasteiger partial charge >= 0.3 is 0 Å². The third-order valence-corrected chi connectivity index (χ3v) is 4.52. The van der Waals surface area contributed by atoms with Crippen molar-refractivity contribution in [2.75, 3.05) is 26.2 Å². The van der Waals surface area contributed by atoms with E-state index in [-0.39, 0.29) is 0 Å². The van der Waals surface area contributed by atoms with Crippen molar-refractivity contribution in [1.29, 1.82) is 0 Å². The Morgan fingerprint density at radius 2 is 2.10 bits per heavy atom. The third-order valence-electron chi connectivity index (χ3n) is 4.52. The normalized spacial score (nSPS) is 23.1. The van der Waals surface area contributed by atoms with Gasteiger partial charge in [-0.25, -0.2) is 4.98 Å². The minimum atomic E-state index is 0.306. The Kier molecular flexibility index (Phi) is 4.38. The quantitative estimate of drug-likeness (QED) is 0.861. The average Bonchev–Trinajstić information content (AvgIpc) is 3.21. The molecule has 1 aliphatic carbocycles. The van der Waals surface area contributed by atoms with Gasteiger partial charge in [-0.3, -0.25) is 4.90 Å². The zero-order valence-corrected chi connectivity index (χ0v) is 12.4. The van der Waals surface area contributed by atoms with Crippen molar-refractivity contribution in [2.24, 2.45) is 5.73 Å². The van der Waals surface area contributed by atoms with Crippen LogP contribution in [0.1, 0.15) is 50.4 Å². The molecule has 3 rings (SSSR count). The Morgan fingerprint density at radius 1 is 1.35 bits per heavy atom. The number of aromatic nitrogens is 2. The summed E-state index contributed by atoms with van der Waals surface area (Å²) in [6.45, 7) is 5.70. The van der Waals surface area contributed by atoms with Crippen LogP contribution in [0, 0.1) is 0 Å². The molecule has 1 aliphatic heterocycles. The number of hydrogen-bond donors (Lipinski definition) is 1. The minimum absolute atomic E-state index is 0.306. The zero-order chi connectivity index (χ0) is 13.9. The van der Waals surface area contributed by atoms with Gasteiger partial charge in [0.1, 0.15) is 0 Å². The molecule has 1 saturated heterocycles. The summed E-state index contributed by atoms with van der Waals surface area (Å²) in [4.78, 5) is 6.85. The van der Waals surface area contributed by atoms with Crippen LogP contribution in [0.4, 0.5) is 0 Å². The van der Waals surface area contributed by atoms with Gasteiger partial charge < -0.3 is 15.0 Å². The number of ether oxygens (including phenoxy) is 1. The first kappa shape index (κ1) is 14.0. The second-order valence-electron chi connectivity index (χ2n) is 5.90. The summed E-state index contributed by atoms with van der Waals surface area (Å²) in [5, 5.41) is 0. The highest BCUT2D eigenvalue weighted by Gasteiger charge is 2.31. The topological polar surface area (TPSA) is 56.3 Å². The SMILES string of the molecule is CCOC1CCN(C(CN)c2cncn2C2CC2)CC1. The highest BCUT2D eigenvalue weighted by molar-refractivity contribution is 5.10. The first-order valence-corrected chi connectivity index (χ1v) is 7.91. The van der Waals surface area contributed by atoms with Crippen LogP contribution in [0.2, 0.25) is 0 Å². The van der Waals surface area contributed by atoms with Crippen molar-refractivity contribution in [3.8, 4) is 0 Å². The van der Waals surface area contributed by atoms with Gasteiger partial charge in [-0.1, -0.05) is 0 Å². The van der Waals surface area contributed by atoms with Gasteiger partial charge in [-0.2, -0.15) is 0 Å². The molecule has 2 heterocycles. The maximum atomic E-state index is 6.06. The first-order chi connectivity index (χ1) is 9.83. The standard InChI is InChI=1S/C15H26N4O/c1-2-20-13-5-7-18(8-6-13)14(9-16)15-10-17-11-19(15)12-3-4-12/h10-14H,2-9,16H2,1H3. The summed E-state index contributed by atoms with van der Waals surface area (Å²) in [7, 11) is 0. The summed E-state index contributed by atoms with van der Waals surface area (Å²) in [6, 6.07) is 0.975. The molecule has 0 spiro atoms. The van der Waals surface area contributed by atoms with Crippen molar-refractivity contribution in [3.05, 3.63) is 18.2 Å². The molecule has 112 valence electrons. The van der Waals surface area contributed by atoms with E-state index >= 15 is 0 Å². The lowest BCUT2D eigenvalue weighted by Crippen LogP contribution is -2.42. The van der Waals surface area contributed by atoms with E-state index < -0.39 is 0 Å². The van der Waals surface area contributed by atoms with Gasteiger partial charge in [0.05, 0.1) is 24.2 Å². The third kappa shape index (κ3) is 2.90. The van der Waals surface area contributed by atoms with Crippen LogP contribution in [-0.4, -0.2) is 46.8 Å². The van der Waals surface area contributed by atoms with Gasteiger partial charge in [0, 0.05) is 38.5 Å². The second kappa shape index (κ2) is 6.24. The highest BCUT2D eigenvalue weighted by Crippen LogP contribution is 2.38. The van der Waals surface area contributed by atoms with Gasteiger partial charge in [-0.05, 0) is 32.6 Å². The van der Waals surface area contributed by atoms with E-state index in [9.17, 15) is 0 Å². The molecule has 0 amide bonds. The molecule has 2 aliphatic rings. The number of likely N-dealkylation sites (tertiary alicyclic amines) is 1. The summed E-state index contributed by atoms with van der Waals surface area (Å²) < 4.78 is 8.07. The lowest BCUT2D eigenvalue weighted by molar-refractivity contribution is 0.00372. The Balaban J connectivity index is 1.66. The number of rotatable bonds is 6. The van der Waals surface area contributed by atoms with Gasteiger partial charge in [-0.15, -0.1) is 0 Å². The smallest absolute Gasteiger partial charge is 0.0951 e. The number of nitrogens with two attached hydrogens (primary N) is 1. The average molecular weight is 278 g/mol. The van der Waals surface area contributed by atoms with Crippen molar-refractivity contribution < 1.29 is 4.74 Å². The van der Waals surface area contributed by atoms with Gasteiger partial charge in [0.15, 0.2) is 0 Å². The molecule has 0 aromatic carbocycles. The molecule has 1 atom stereocenters. The van der Waals surface area contributed by atoms with E-state index in [0.29, 0.717) is 24.7 Å². The number of nitrogens with zero attached hydrogens (tertiary/aromatic N) is 3. The van der Waals surface area contributed by atoms with E-state index in [1.165, 1.54) is 18.5 Å². The fraction of sp³-hybridized carbons (Fsp3) is 0.800. The van der Waals surface area contributed by atoms with Crippen molar-refractivity contribution in [3.63, 3.8) is 0 Å². The molecule has 1 aromatic rings. The molecular weight excluding hydrogens is 252 g/mol. The first-order valence-electron chi connectivity index (χ1n) is 7.91. The zero-order valence-electron chi connectivity index (χ0n) is 12.4. The molecule has 20 heavy (non-hydrogen) atoms. The van der Waals surface area contributed by atoms with Gasteiger partial charge in [0.2, 0.25) is 0 Å². The minimum Gasteiger partial charge on any atom is -0.378 e. The van der Waals surface area contributed by atoms with Crippen molar-refractivity contribution in [1.82, 2.24) is 14.5 Å². The van der Waals surface area contributed by atoms with Crippen LogP contribution in [0.5, 0.6) is 0 Å². The van der Waals surface area contributed by atoms with E-state index in [4.69, 9.17) is 10.5 Å². The van der Waals surface area contributed by atoms with Crippen LogP contribution < -0.4 is 5.73 Å². The number of hydrogen-bond acceptors (Lipinski definition) is 4. The van der Waals surface area contributed by atoms with Crippen molar-refractivity contribution in [2.45, 2.75) is 50.8 Å². The summed E-state index contributed by atoms with van der Waals surface area (Å²) in [5.41, 5.74) is 7.36. The van der Waals surface area contributed by atoms with Crippen LogP contribution in [0.3, 0.4) is 0 Å². The Hall–Kier alpha value is -0.910. The van der Waals surface area contributed by atoms with Gasteiger partial charge in [0.25, 0.3) is 0 Å². The Labute approximate surface area is 121 Å². The lowest BCUT2D eigenvalue weighted by atomic mass is 10.0. The fourth-order valence-electron chi connectivity index (χ4n) is 3.28. The largest absolute Gasteiger partial charge is 0.378 e. The molecular formula is C15H26N4O. The summed E-state index contributed by atoms with van der Waals surface area (Å²) >= 11 is 0. The maximum Gasteiger partial charge on any atom is 0.0951 e. The van der Waals surface area contributed by atoms with Crippen molar-refractivity contribution >= 4 is 0 Å². The fourth-order valence-corrected chi connectivity index (χ4v) is 3.28. The molecule has 2 N–H and O–H groups in total. The molecule has 2 fully saturated rings. The lowest BCUT2D eigenvalue weighted by Gasteiger charge is -2.37. The number of imidazole rings is 1. The number of piperidine rings is 1. The van der Waals surface area contributed by atoms with E-state index in [1.54, 1.807) is 0 Å². The van der Waals surface area contributed by atoms with E-state index in [0.717, 1.165) is 32.5 Å². The molecule has 0 radical (unpaired) electrons. The summed E-state index contributed by atoms with van der Waals surface area (Å²) in [5.74, 6) is 0. The van der Waals surface area contributed by atoms with Crippen LogP contribution in [0.25, 0.3) is 0 Å². The molecule has 1 aromatic heterocycles. The Morgan fingerprint density at radius 3 is 2.70 bits per heavy atom. The Bertz CT molecular complexity index is 421. The monoisotopic (exact) mass is 278 g/mol.